The molecule has 2 saturated heterocycles. The van der Waals surface area contributed by atoms with Gasteiger partial charge in [-0.1, -0.05) is 6.92 Å². The van der Waals surface area contributed by atoms with E-state index in [2.05, 4.69) is 11.9 Å². The third-order valence-electron chi connectivity index (χ3n) is 5.58. The lowest BCUT2D eigenvalue weighted by atomic mass is 9.99. The number of aromatic amines is 1. The first-order valence-electron chi connectivity index (χ1n) is 9.70. The quantitative estimate of drug-likeness (QED) is 0.822. The number of hydrogen-bond donors (Lipinski definition) is 1. The zero-order valence-corrected chi connectivity index (χ0v) is 16.4. The zero-order chi connectivity index (χ0) is 19.0. The van der Waals surface area contributed by atoms with E-state index in [4.69, 9.17) is 17.0 Å². The van der Waals surface area contributed by atoms with Crippen molar-refractivity contribution in [2.45, 2.75) is 45.3 Å². The Bertz CT molecular complexity index is 975. The summed E-state index contributed by atoms with van der Waals surface area (Å²) in [5.41, 5.74) is 1.08. The van der Waals surface area contributed by atoms with Gasteiger partial charge >= 0.3 is 0 Å². The fourth-order valence-electron chi connectivity index (χ4n) is 4.10. The first-order valence-corrected chi connectivity index (χ1v) is 10.1. The van der Waals surface area contributed by atoms with E-state index in [9.17, 15) is 9.59 Å². The minimum atomic E-state index is -0.130. The van der Waals surface area contributed by atoms with Gasteiger partial charge in [-0.3, -0.25) is 14.2 Å². The van der Waals surface area contributed by atoms with Crippen LogP contribution in [0.15, 0.2) is 23.0 Å². The summed E-state index contributed by atoms with van der Waals surface area (Å²) in [6.45, 7) is 4.96. The molecule has 2 aliphatic heterocycles. The number of carbonyl (C=O) groups excluding carboxylic acids is 1. The van der Waals surface area contributed by atoms with Gasteiger partial charge in [0.15, 0.2) is 4.77 Å². The number of benzene rings is 1. The lowest BCUT2D eigenvalue weighted by Crippen LogP contribution is -2.39. The van der Waals surface area contributed by atoms with Crippen LogP contribution in [0, 0.1) is 10.7 Å². The highest BCUT2D eigenvalue weighted by Crippen LogP contribution is 2.20. The number of H-pyrrole nitrogens is 1. The molecule has 7 heteroatoms. The first-order chi connectivity index (χ1) is 13.0. The van der Waals surface area contributed by atoms with Gasteiger partial charge in [-0.15, -0.1) is 0 Å². The number of ether oxygens (including phenoxy) is 1. The summed E-state index contributed by atoms with van der Waals surface area (Å²) in [4.78, 5) is 30.8. The zero-order valence-electron chi connectivity index (χ0n) is 15.6. The van der Waals surface area contributed by atoms with Crippen LogP contribution in [0.2, 0.25) is 0 Å². The molecule has 2 aromatic rings. The Kier molecular flexibility index (Phi) is 5.14. The Morgan fingerprint density at radius 2 is 2.19 bits per heavy atom. The Hall–Kier alpha value is -1.99. The van der Waals surface area contributed by atoms with Crippen molar-refractivity contribution in [2.24, 2.45) is 5.92 Å². The lowest BCUT2D eigenvalue weighted by molar-refractivity contribution is 0.0683. The van der Waals surface area contributed by atoms with Gasteiger partial charge in [0.2, 0.25) is 0 Å². The number of carbonyl (C=O) groups is 1. The van der Waals surface area contributed by atoms with Crippen LogP contribution in [0.25, 0.3) is 10.9 Å². The number of hydrogen-bond acceptors (Lipinski definition) is 4. The molecule has 2 aliphatic rings. The number of nitrogens with one attached hydrogen (secondary N) is 1. The minimum absolute atomic E-state index is 0.0197. The van der Waals surface area contributed by atoms with E-state index in [1.165, 1.54) is 6.42 Å². The van der Waals surface area contributed by atoms with E-state index in [-0.39, 0.29) is 17.6 Å². The Balaban J connectivity index is 1.65. The summed E-state index contributed by atoms with van der Waals surface area (Å²) >= 11 is 5.41. The first kappa shape index (κ1) is 18.4. The van der Waals surface area contributed by atoms with Gasteiger partial charge in [0.25, 0.3) is 11.5 Å². The molecule has 1 N–H and O–H groups in total. The molecular formula is C20H25N3O3S. The van der Waals surface area contributed by atoms with Crippen LogP contribution in [0.1, 0.15) is 43.0 Å². The average molecular weight is 388 g/mol. The molecule has 0 radical (unpaired) electrons. The van der Waals surface area contributed by atoms with Gasteiger partial charge in [-0.2, -0.15) is 0 Å². The molecule has 144 valence electrons. The van der Waals surface area contributed by atoms with E-state index in [1.54, 1.807) is 22.8 Å². The number of piperidine rings is 1. The van der Waals surface area contributed by atoms with Crippen LogP contribution in [0.3, 0.4) is 0 Å². The molecule has 0 saturated carbocycles. The molecule has 27 heavy (non-hydrogen) atoms. The fourth-order valence-corrected chi connectivity index (χ4v) is 4.37. The van der Waals surface area contributed by atoms with Crippen molar-refractivity contribution in [3.63, 3.8) is 0 Å². The van der Waals surface area contributed by atoms with E-state index in [0.717, 1.165) is 39.0 Å². The molecule has 2 fully saturated rings. The van der Waals surface area contributed by atoms with Crippen LogP contribution < -0.4 is 5.56 Å². The molecular weight excluding hydrogens is 362 g/mol. The highest BCUT2D eigenvalue weighted by molar-refractivity contribution is 7.71. The highest BCUT2D eigenvalue weighted by atomic mass is 32.1. The van der Waals surface area contributed by atoms with Crippen molar-refractivity contribution < 1.29 is 9.53 Å². The van der Waals surface area contributed by atoms with Crippen LogP contribution in [-0.2, 0) is 11.3 Å². The van der Waals surface area contributed by atoms with Gasteiger partial charge in [0, 0.05) is 25.3 Å². The second-order valence-electron chi connectivity index (χ2n) is 7.74. The normalized spacial score (nSPS) is 23.1. The summed E-state index contributed by atoms with van der Waals surface area (Å²) in [5.74, 6) is 0.547. The molecule has 1 aromatic heterocycles. The van der Waals surface area contributed by atoms with Gasteiger partial charge in [-0.05, 0) is 62.0 Å². The van der Waals surface area contributed by atoms with E-state index < -0.39 is 0 Å². The average Bonchev–Trinajstić information content (AvgIpc) is 3.17. The summed E-state index contributed by atoms with van der Waals surface area (Å²) in [7, 11) is 0. The second kappa shape index (κ2) is 7.56. The van der Waals surface area contributed by atoms with Crippen molar-refractivity contribution in [3.05, 3.63) is 38.9 Å². The maximum absolute atomic E-state index is 12.9. The SMILES string of the molecule is C[C@H]1CCCN(C(=O)c2ccc3c(=O)n(C[C@@H]4CCCO4)c(=S)[nH]c3c2)C1. The largest absolute Gasteiger partial charge is 0.376 e. The molecule has 0 aliphatic carbocycles. The van der Waals surface area contributed by atoms with Crippen LogP contribution in [0.4, 0.5) is 0 Å². The Morgan fingerprint density at radius 1 is 1.33 bits per heavy atom. The van der Waals surface area contributed by atoms with Crippen LogP contribution in [0.5, 0.6) is 0 Å². The molecule has 1 amide bonds. The molecule has 3 heterocycles. The lowest BCUT2D eigenvalue weighted by Gasteiger charge is -2.31. The number of amides is 1. The molecule has 0 spiro atoms. The van der Waals surface area contributed by atoms with Crippen molar-refractivity contribution in [1.82, 2.24) is 14.5 Å². The van der Waals surface area contributed by atoms with Crippen LogP contribution in [-0.4, -0.2) is 46.2 Å². The second-order valence-corrected chi connectivity index (χ2v) is 8.13. The van der Waals surface area contributed by atoms with Gasteiger partial charge in [0.1, 0.15) is 0 Å². The molecule has 0 bridgehead atoms. The molecule has 6 nitrogen and oxygen atoms in total. The summed E-state index contributed by atoms with van der Waals surface area (Å²) in [5, 5.41) is 0.546. The smallest absolute Gasteiger partial charge is 0.262 e. The monoisotopic (exact) mass is 387 g/mol. The Labute approximate surface area is 163 Å². The third-order valence-corrected chi connectivity index (χ3v) is 5.91. The van der Waals surface area contributed by atoms with Gasteiger partial charge in [-0.25, -0.2) is 0 Å². The maximum Gasteiger partial charge on any atom is 0.262 e. The predicted molar refractivity (Wildman–Crippen MR) is 107 cm³/mol. The highest BCUT2D eigenvalue weighted by Gasteiger charge is 2.23. The Morgan fingerprint density at radius 3 is 2.93 bits per heavy atom. The number of likely N-dealkylation sites (tertiary alicyclic amines) is 1. The number of fused-ring (bicyclic) bond motifs is 1. The minimum Gasteiger partial charge on any atom is -0.376 e. The topological polar surface area (TPSA) is 67.3 Å². The van der Waals surface area contributed by atoms with Crippen LogP contribution >= 0.6 is 12.2 Å². The van der Waals surface area contributed by atoms with E-state index >= 15 is 0 Å². The molecule has 4 rings (SSSR count). The summed E-state index contributed by atoms with van der Waals surface area (Å²) < 4.78 is 7.58. The summed E-state index contributed by atoms with van der Waals surface area (Å²) in [6.07, 6.45) is 4.21. The predicted octanol–water partition coefficient (Wildman–Crippen LogP) is 3.11. The van der Waals surface area contributed by atoms with Gasteiger partial charge in [0.05, 0.1) is 23.6 Å². The number of nitrogens with zero attached hydrogens (tertiary/aromatic N) is 2. The van der Waals surface area contributed by atoms with E-state index in [1.807, 2.05) is 4.90 Å². The standard InChI is InChI=1S/C20H25N3O3S/c1-13-4-2-8-22(11-13)18(24)14-6-7-16-17(10-14)21-20(27)23(19(16)25)12-15-5-3-9-26-15/h6-7,10,13,15H,2-5,8-9,11-12H2,1H3,(H,21,27)/t13-,15-/m0/s1. The molecule has 0 unspecified atom stereocenters. The fraction of sp³-hybridized carbons (Fsp3) is 0.550. The number of rotatable bonds is 3. The van der Waals surface area contributed by atoms with Gasteiger partial charge < -0.3 is 14.6 Å². The van der Waals surface area contributed by atoms with Crippen molar-refractivity contribution in [1.29, 1.82) is 0 Å². The summed E-state index contributed by atoms with van der Waals surface area (Å²) in [6, 6.07) is 5.23. The maximum atomic E-state index is 12.9. The molecule has 2 atom stereocenters. The number of aromatic nitrogens is 2. The van der Waals surface area contributed by atoms with Crippen molar-refractivity contribution >= 4 is 29.0 Å². The van der Waals surface area contributed by atoms with Crippen molar-refractivity contribution in [3.8, 4) is 0 Å². The van der Waals surface area contributed by atoms with Crippen molar-refractivity contribution in [2.75, 3.05) is 19.7 Å². The van der Waals surface area contributed by atoms with E-state index in [0.29, 0.717) is 33.7 Å². The third kappa shape index (κ3) is 3.71. The molecule has 1 aromatic carbocycles.